The van der Waals surface area contributed by atoms with Crippen LogP contribution in [0, 0.1) is 0 Å². The van der Waals surface area contributed by atoms with Crippen LogP contribution < -0.4 is 10.6 Å². The zero-order chi connectivity index (χ0) is 14.8. The van der Waals surface area contributed by atoms with Crippen molar-refractivity contribution in [3.8, 4) is 0 Å². The quantitative estimate of drug-likeness (QED) is 0.207. The lowest BCUT2D eigenvalue weighted by molar-refractivity contribution is -0.147. The molecule has 0 unspecified atom stereocenters. The Labute approximate surface area is 142 Å². The van der Waals surface area contributed by atoms with Gasteiger partial charge in [-0.05, 0) is 13.3 Å². The smallest absolute Gasteiger partial charge is 0.229 e. The Bertz CT molecular complexity index is 347. The summed E-state index contributed by atoms with van der Waals surface area (Å²) in [5, 5.41) is 6.16. The van der Waals surface area contributed by atoms with E-state index in [1.807, 2.05) is 6.92 Å². The molecule has 2 amide bonds. The van der Waals surface area contributed by atoms with Gasteiger partial charge in [0.2, 0.25) is 11.8 Å². The molecule has 0 bridgehead atoms. The van der Waals surface area contributed by atoms with Gasteiger partial charge in [-0.25, -0.2) is 0 Å². The molecule has 0 aromatic rings. The minimum atomic E-state index is -0.0812. The molecule has 0 spiro atoms. The number of aliphatic imine (C=N–C) groups is 1. The topological polar surface area (TPSA) is 83.0 Å². The summed E-state index contributed by atoms with van der Waals surface area (Å²) in [5.74, 6) is 0.478. The summed E-state index contributed by atoms with van der Waals surface area (Å²) in [5.41, 5.74) is 0. The van der Waals surface area contributed by atoms with Crippen LogP contribution in [0.2, 0.25) is 0 Å². The number of imide groups is 1. The van der Waals surface area contributed by atoms with Gasteiger partial charge in [0.1, 0.15) is 0 Å². The number of carbonyl (C=O) groups excluding carboxylic acids is 2. The van der Waals surface area contributed by atoms with Gasteiger partial charge in [0.15, 0.2) is 5.96 Å². The zero-order valence-electron chi connectivity index (χ0n) is 12.7. The standard InChI is InChI=1S/C13H24N4O3.HI/c1-3-20-10-8-16-13(14-2)15-7-9-17-11(18)5-4-6-12(17)19;/h3-10H2,1-2H3,(H2,14,15,16);1H. The van der Waals surface area contributed by atoms with Crippen molar-refractivity contribution in [3.63, 3.8) is 0 Å². The highest BCUT2D eigenvalue weighted by atomic mass is 127. The fourth-order valence-electron chi connectivity index (χ4n) is 1.94. The Morgan fingerprint density at radius 3 is 2.43 bits per heavy atom. The molecule has 0 aliphatic carbocycles. The van der Waals surface area contributed by atoms with E-state index in [2.05, 4.69) is 15.6 Å². The van der Waals surface area contributed by atoms with Gasteiger partial charge < -0.3 is 15.4 Å². The third-order valence-corrected chi connectivity index (χ3v) is 2.98. The largest absolute Gasteiger partial charge is 0.380 e. The summed E-state index contributed by atoms with van der Waals surface area (Å²) in [6.07, 6.45) is 1.60. The molecule has 1 aliphatic rings. The van der Waals surface area contributed by atoms with E-state index in [4.69, 9.17) is 4.74 Å². The summed E-state index contributed by atoms with van der Waals surface area (Å²) in [7, 11) is 1.67. The van der Waals surface area contributed by atoms with Crippen LogP contribution >= 0.6 is 24.0 Å². The van der Waals surface area contributed by atoms with Crippen molar-refractivity contribution >= 4 is 41.8 Å². The summed E-state index contributed by atoms with van der Waals surface area (Å²) in [6.45, 7) is 4.78. The van der Waals surface area contributed by atoms with E-state index in [1.54, 1.807) is 7.05 Å². The van der Waals surface area contributed by atoms with Gasteiger partial charge in [-0.2, -0.15) is 0 Å². The van der Waals surface area contributed by atoms with Crippen LogP contribution in [0.15, 0.2) is 4.99 Å². The highest BCUT2D eigenvalue weighted by Crippen LogP contribution is 2.11. The molecule has 21 heavy (non-hydrogen) atoms. The molecule has 0 saturated carbocycles. The van der Waals surface area contributed by atoms with E-state index in [0.717, 1.165) is 0 Å². The Morgan fingerprint density at radius 2 is 1.86 bits per heavy atom. The molecule has 2 N–H and O–H groups in total. The molecule has 0 atom stereocenters. The molecule has 1 fully saturated rings. The van der Waals surface area contributed by atoms with Crippen molar-refractivity contribution in [2.75, 3.05) is 39.9 Å². The van der Waals surface area contributed by atoms with Crippen LogP contribution in [0.25, 0.3) is 0 Å². The second-order valence-corrected chi connectivity index (χ2v) is 4.42. The van der Waals surface area contributed by atoms with Gasteiger partial charge in [0.25, 0.3) is 0 Å². The van der Waals surface area contributed by atoms with Crippen molar-refractivity contribution in [1.29, 1.82) is 0 Å². The minimum Gasteiger partial charge on any atom is -0.380 e. The van der Waals surface area contributed by atoms with E-state index in [1.165, 1.54) is 4.90 Å². The molecular weight excluding hydrogens is 387 g/mol. The highest BCUT2D eigenvalue weighted by molar-refractivity contribution is 14.0. The lowest BCUT2D eigenvalue weighted by Gasteiger charge is -2.25. The molecule has 0 aromatic carbocycles. The molecule has 1 heterocycles. The van der Waals surface area contributed by atoms with Crippen LogP contribution in [0.1, 0.15) is 26.2 Å². The summed E-state index contributed by atoms with van der Waals surface area (Å²) < 4.78 is 5.21. The van der Waals surface area contributed by atoms with E-state index in [9.17, 15) is 9.59 Å². The molecule has 1 saturated heterocycles. The number of guanidine groups is 1. The first-order valence-corrected chi connectivity index (χ1v) is 7.04. The van der Waals surface area contributed by atoms with Gasteiger partial charge >= 0.3 is 0 Å². The maximum Gasteiger partial charge on any atom is 0.229 e. The Morgan fingerprint density at radius 1 is 1.24 bits per heavy atom. The molecule has 0 aromatic heterocycles. The predicted octanol–water partition coefficient (Wildman–Crippen LogP) is 0.345. The van der Waals surface area contributed by atoms with Crippen molar-refractivity contribution in [3.05, 3.63) is 0 Å². The van der Waals surface area contributed by atoms with Crippen LogP contribution in [0.4, 0.5) is 0 Å². The van der Waals surface area contributed by atoms with Crippen molar-refractivity contribution in [2.24, 2.45) is 4.99 Å². The van der Waals surface area contributed by atoms with E-state index in [-0.39, 0.29) is 35.8 Å². The highest BCUT2D eigenvalue weighted by Gasteiger charge is 2.25. The second kappa shape index (κ2) is 11.7. The minimum absolute atomic E-state index is 0. The van der Waals surface area contributed by atoms with Gasteiger partial charge in [-0.1, -0.05) is 0 Å². The number of carbonyl (C=O) groups is 2. The number of hydrogen-bond acceptors (Lipinski definition) is 4. The fraction of sp³-hybridized carbons (Fsp3) is 0.769. The third kappa shape index (κ3) is 7.60. The summed E-state index contributed by atoms with van der Waals surface area (Å²) in [6, 6.07) is 0. The van der Waals surface area contributed by atoms with Gasteiger partial charge in [-0.15, -0.1) is 24.0 Å². The Hall–Kier alpha value is -0.900. The molecule has 1 rings (SSSR count). The second-order valence-electron chi connectivity index (χ2n) is 4.42. The number of amides is 2. The van der Waals surface area contributed by atoms with Gasteiger partial charge in [0, 0.05) is 46.1 Å². The molecular formula is C13H25IN4O3. The molecule has 7 nitrogen and oxygen atoms in total. The van der Waals surface area contributed by atoms with Gasteiger partial charge in [-0.3, -0.25) is 19.5 Å². The maximum absolute atomic E-state index is 11.6. The average molecular weight is 412 g/mol. The van der Waals surface area contributed by atoms with Crippen LogP contribution in [0.3, 0.4) is 0 Å². The summed E-state index contributed by atoms with van der Waals surface area (Å²) in [4.78, 5) is 28.6. The average Bonchev–Trinajstić information content (AvgIpc) is 2.44. The third-order valence-electron chi connectivity index (χ3n) is 2.98. The number of rotatable bonds is 7. The SMILES string of the molecule is CCOCCNC(=NC)NCCN1C(=O)CCCC1=O.I. The zero-order valence-corrected chi connectivity index (χ0v) is 15.0. The predicted molar refractivity (Wildman–Crippen MR) is 91.8 cm³/mol. The van der Waals surface area contributed by atoms with Crippen LogP contribution in [-0.2, 0) is 14.3 Å². The molecule has 8 heteroatoms. The normalized spacial score (nSPS) is 15.7. The van der Waals surface area contributed by atoms with Crippen molar-refractivity contribution in [2.45, 2.75) is 26.2 Å². The number of piperidine rings is 1. The van der Waals surface area contributed by atoms with Crippen LogP contribution in [0.5, 0.6) is 0 Å². The number of ether oxygens (including phenoxy) is 1. The van der Waals surface area contributed by atoms with E-state index < -0.39 is 0 Å². The summed E-state index contributed by atoms with van der Waals surface area (Å²) >= 11 is 0. The first-order valence-electron chi connectivity index (χ1n) is 7.04. The Balaban J connectivity index is 0.00000400. The lowest BCUT2D eigenvalue weighted by atomic mass is 10.1. The molecule has 0 radical (unpaired) electrons. The number of likely N-dealkylation sites (tertiary alicyclic amines) is 1. The first-order chi connectivity index (χ1) is 9.69. The van der Waals surface area contributed by atoms with E-state index >= 15 is 0 Å². The van der Waals surface area contributed by atoms with Crippen LogP contribution in [-0.4, -0.2) is 62.6 Å². The van der Waals surface area contributed by atoms with E-state index in [0.29, 0.717) is 58.1 Å². The number of nitrogens with one attached hydrogen (secondary N) is 2. The molecule has 122 valence electrons. The number of hydrogen-bond donors (Lipinski definition) is 2. The Kier molecular flexibility index (Phi) is 11.2. The first kappa shape index (κ1) is 20.1. The fourth-order valence-corrected chi connectivity index (χ4v) is 1.94. The molecule has 1 aliphatic heterocycles. The maximum atomic E-state index is 11.6. The number of nitrogens with zero attached hydrogens (tertiary/aromatic N) is 2. The van der Waals surface area contributed by atoms with Crippen molar-refractivity contribution in [1.82, 2.24) is 15.5 Å². The monoisotopic (exact) mass is 412 g/mol. The lowest BCUT2D eigenvalue weighted by Crippen LogP contribution is -2.46. The van der Waals surface area contributed by atoms with Gasteiger partial charge in [0.05, 0.1) is 6.61 Å². The van der Waals surface area contributed by atoms with Crippen molar-refractivity contribution < 1.29 is 14.3 Å². The number of halogens is 1.